The van der Waals surface area contributed by atoms with Crippen LogP contribution in [0.3, 0.4) is 0 Å². The van der Waals surface area contributed by atoms with Crippen LogP contribution in [0.4, 0.5) is 4.39 Å². The van der Waals surface area contributed by atoms with Gasteiger partial charge in [0.1, 0.15) is 5.82 Å². The van der Waals surface area contributed by atoms with Gasteiger partial charge in [0.2, 0.25) is 0 Å². The van der Waals surface area contributed by atoms with Gasteiger partial charge in [-0.3, -0.25) is 4.90 Å². The van der Waals surface area contributed by atoms with Gasteiger partial charge in [0.15, 0.2) is 0 Å². The largest absolute Gasteiger partial charge is 0.380 e. The molecule has 0 bridgehead atoms. The molecule has 2 spiro atoms. The lowest BCUT2D eigenvalue weighted by Gasteiger charge is -2.57. The van der Waals surface area contributed by atoms with E-state index >= 15 is 0 Å². The molecule has 4 aliphatic rings. The lowest BCUT2D eigenvalue weighted by atomic mass is 9.76. The zero-order chi connectivity index (χ0) is 17.1. The van der Waals surface area contributed by atoms with Crippen LogP contribution in [0.15, 0.2) is 23.1 Å². The van der Waals surface area contributed by atoms with E-state index in [4.69, 9.17) is 14.7 Å². The molecule has 1 unspecified atom stereocenters. The second kappa shape index (κ2) is 5.66. The van der Waals surface area contributed by atoms with Crippen LogP contribution in [0, 0.1) is 22.6 Å². The summed E-state index contributed by atoms with van der Waals surface area (Å²) in [6.45, 7) is 6.67. The number of benzene rings is 1. The Morgan fingerprint density at radius 3 is 2.68 bits per heavy atom. The van der Waals surface area contributed by atoms with Crippen LogP contribution in [0.2, 0.25) is 0 Å². The zero-order valence-corrected chi connectivity index (χ0v) is 14.7. The van der Waals surface area contributed by atoms with E-state index in [1.54, 1.807) is 6.07 Å². The maximum absolute atomic E-state index is 13.5. The average molecular weight is 361 g/mol. The molecule has 1 aromatic carbocycles. The minimum absolute atomic E-state index is 0.0398. The molecule has 4 aliphatic heterocycles. The van der Waals surface area contributed by atoms with Crippen molar-refractivity contribution in [1.29, 1.82) is 5.26 Å². The Kier molecular flexibility index (Phi) is 3.63. The maximum Gasteiger partial charge on any atom is 0.125 e. The van der Waals surface area contributed by atoms with Crippen LogP contribution in [0.5, 0.6) is 0 Å². The number of nitriles is 1. The number of ether oxygens (including phenoxy) is 2. The van der Waals surface area contributed by atoms with Crippen molar-refractivity contribution in [2.45, 2.75) is 23.0 Å². The van der Waals surface area contributed by atoms with E-state index in [1.807, 2.05) is 6.07 Å². The third kappa shape index (κ3) is 2.77. The molecule has 4 fully saturated rings. The Balaban J connectivity index is 1.14. The van der Waals surface area contributed by atoms with E-state index in [-0.39, 0.29) is 11.4 Å². The lowest BCUT2D eigenvalue weighted by Crippen LogP contribution is -2.68. The quantitative estimate of drug-likeness (QED) is 0.766. The monoisotopic (exact) mass is 361 g/mol. The molecule has 4 heterocycles. The summed E-state index contributed by atoms with van der Waals surface area (Å²) >= 11 is 1.51. The molecule has 1 aromatic rings. The van der Waals surface area contributed by atoms with Crippen LogP contribution in [-0.2, 0) is 9.47 Å². The van der Waals surface area contributed by atoms with Gasteiger partial charge in [0.05, 0.1) is 37.1 Å². The zero-order valence-electron chi connectivity index (χ0n) is 13.9. The lowest BCUT2D eigenvalue weighted by molar-refractivity contribution is -0.197. The minimum atomic E-state index is -0.361. The summed E-state index contributed by atoms with van der Waals surface area (Å²) in [4.78, 5) is 3.31. The molecule has 5 nitrogen and oxygen atoms in total. The summed E-state index contributed by atoms with van der Waals surface area (Å²) in [5, 5.41) is 8.96. The van der Waals surface area contributed by atoms with Gasteiger partial charge in [-0.15, -0.1) is 0 Å². The Bertz CT molecular complexity index is 734. The van der Waals surface area contributed by atoms with Crippen molar-refractivity contribution in [2.75, 3.05) is 46.0 Å². The molecule has 0 aromatic heterocycles. The molecule has 1 atom stereocenters. The minimum Gasteiger partial charge on any atom is -0.380 e. The van der Waals surface area contributed by atoms with Gasteiger partial charge in [-0.2, -0.15) is 5.26 Å². The SMILES string of the molecule is N#Cc1cc(F)cc(SN2CC3(CC(N4CC5(COC5)C4)CO3)C2)c1. The third-order valence-electron chi connectivity index (χ3n) is 5.76. The molecule has 0 radical (unpaired) electrons. The third-order valence-corrected chi connectivity index (χ3v) is 6.73. The fraction of sp³-hybridized carbons (Fsp3) is 0.611. The summed E-state index contributed by atoms with van der Waals surface area (Å²) in [7, 11) is 0. The van der Waals surface area contributed by atoms with Gasteiger partial charge < -0.3 is 9.47 Å². The number of nitrogens with zero attached hydrogens (tertiary/aromatic N) is 3. The number of halogens is 1. The predicted octanol–water partition coefficient (Wildman–Crippen LogP) is 1.88. The number of hydrogen-bond acceptors (Lipinski definition) is 6. The summed E-state index contributed by atoms with van der Waals surface area (Å²) in [6, 6.07) is 7.01. The van der Waals surface area contributed by atoms with E-state index in [9.17, 15) is 4.39 Å². The van der Waals surface area contributed by atoms with E-state index in [0.717, 1.165) is 57.3 Å². The molecule has 0 aliphatic carbocycles. The highest BCUT2D eigenvalue weighted by Crippen LogP contribution is 2.45. The second-order valence-corrected chi connectivity index (χ2v) is 9.10. The van der Waals surface area contributed by atoms with E-state index in [2.05, 4.69) is 9.21 Å². The summed E-state index contributed by atoms with van der Waals surface area (Å²) < 4.78 is 27.2. The van der Waals surface area contributed by atoms with Crippen molar-refractivity contribution < 1.29 is 13.9 Å². The number of likely N-dealkylation sites (tertiary alicyclic amines) is 1. The van der Waals surface area contributed by atoms with Crippen LogP contribution >= 0.6 is 11.9 Å². The first kappa shape index (κ1) is 16.0. The van der Waals surface area contributed by atoms with Crippen molar-refractivity contribution in [1.82, 2.24) is 9.21 Å². The van der Waals surface area contributed by atoms with Crippen LogP contribution < -0.4 is 0 Å². The highest BCUT2D eigenvalue weighted by atomic mass is 32.2. The molecule has 132 valence electrons. The number of rotatable bonds is 3. The molecule has 4 saturated heterocycles. The molecule has 25 heavy (non-hydrogen) atoms. The van der Waals surface area contributed by atoms with Crippen molar-refractivity contribution in [3.8, 4) is 6.07 Å². The van der Waals surface area contributed by atoms with Crippen LogP contribution in [0.25, 0.3) is 0 Å². The fourth-order valence-corrected chi connectivity index (χ4v) is 5.65. The van der Waals surface area contributed by atoms with Crippen molar-refractivity contribution in [3.63, 3.8) is 0 Å². The van der Waals surface area contributed by atoms with Crippen molar-refractivity contribution in [3.05, 3.63) is 29.6 Å². The smallest absolute Gasteiger partial charge is 0.125 e. The van der Waals surface area contributed by atoms with E-state index < -0.39 is 0 Å². The first-order chi connectivity index (χ1) is 12.1. The van der Waals surface area contributed by atoms with Gasteiger partial charge in [0.25, 0.3) is 0 Å². The highest BCUT2D eigenvalue weighted by molar-refractivity contribution is 7.97. The van der Waals surface area contributed by atoms with E-state index in [1.165, 1.54) is 24.1 Å². The fourth-order valence-electron chi connectivity index (χ4n) is 4.41. The summed E-state index contributed by atoms with van der Waals surface area (Å²) in [5.41, 5.74) is 0.774. The Morgan fingerprint density at radius 2 is 2.00 bits per heavy atom. The predicted molar refractivity (Wildman–Crippen MR) is 90.5 cm³/mol. The Morgan fingerprint density at radius 1 is 1.20 bits per heavy atom. The van der Waals surface area contributed by atoms with Crippen LogP contribution in [0.1, 0.15) is 12.0 Å². The molecule has 5 rings (SSSR count). The Hall–Kier alpha value is -1.17. The van der Waals surface area contributed by atoms with Crippen molar-refractivity contribution in [2.24, 2.45) is 5.41 Å². The molecule has 0 amide bonds. The highest BCUT2D eigenvalue weighted by Gasteiger charge is 2.56. The Labute approximate surface area is 150 Å². The van der Waals surface area contributed by atoms with Gasteiger partial charge in [-0.05, 0) is 36.6 Å². The maximum atomic E-state index is 13.5. The molecule has 0 saturated carbocycles. The van der Waals surface area contributed by atoms with E-state index in [0.29, 0.717) is 17.0 Å². The molecule has 0 N–H and O–H groups in total. The first-order valence-corrected chi connectivity index (χ1v) is 9.44. The van der Waals surface area contributed by atoms with Gasteiger partial charge in [-0.1, -0.05) is 0 Å². The normalized spacial score (nSPS) is 29.8. The molecule has 7 heteroatoms. The van der Waals surface area contributed by atoms with Gasteiger partial charge in [0, 0.05) is 42.5 Å². The second-order valence-electron chi connectivity index (χ2n) is 7.93. The van der Waals surface area contributed by atoms with Crippen LogP contribution in [-0.4, -0.2) is 66.8 Å². The number of hydrogen-bond donors (Lipinski definition) is 0. The standard InChI is InChI=1S/C18H20FN3O2S/c19-14-1-13(5-20)2-16(3-14)25-22-9-18(10-22)4-15(6-24-18)21-7-17(8-21)11-23-12-17/h1-3,15H,4,6-12H2. The van der Waals surface area contributed by atoms with Crippen molar-refractivity contribution >= 4 is 11.9 Å². The average Bonchev–Trinajstić information content (AvgIpc) is 2.88. The summed E-state index contributed by atoms with van der Waals surface area (Å²) in [5.74, 6) is -0.361. The molecular weight excluding hydrogens is 341 g/mol. The summed E-state index contributed by atoms with van der Waals surface area (Å²) in [6.07, 6.45) is 1.08. The first-order valence-electron chi connectivity index (χ1n) is 8.67. The molecular formula is C18H20FN3O2S. The topological polar surface area (TPSA) is 48.7 Å². The van der Waals surface area contributed by atoms with Gasteiger partial charge in [-0.25, -0.2) is 8.70 Å². The van der Waals surface area contributed by atoms with Gasteiger partial charge >= 0.3 is 0 Å².